The van der Waals surface area contributed by atoms with Crippen molar-refractivity contribution in [1.82, 2.24) is 0 Å². The van der Waals surface area contributed by atoms with Crippen LogP contribution >= 0.6 is 0 Å². The van der Waals surface area contributed by atoms with Gasteiger partial charge in [0.2, 0.25) is 0 Å². The Morgan fingerprint density at radius 2 is 2.11 bits per heavy atom. The van der Waals surface area contributed by atoms with Crippen molar-refractivity contribution in [1.29, 1.82) is 0 Å². The number of unbranched alkanes of at least 4 members (excludes halogenated alkanes) is 3. The molecule has 0 atom stereocenters. The fraction of sp³-hybridized carbons (Fsp3) is 0.714. The van der Waals surface area contributed by atoms with Gasteiger partial charge in [0, 0.05) is 0 Å². The minimum atomic E-state index is 0.503. The minimum absolute atomic E-state index is 0.503. The van der Waals surface area contributed by atoms with Crippen LogP contribution in [-0.4, -0.2) is 6.61 Å². The molecule has 0 fully saturated rings. The van der Waals surface area contributed by atoms with Gasteiger partial charge < -0.3 is 0 Å². The third-order valence-electron chi connectivity index (χ3n) is 1.06. The first-order valence-corrected chi connectivity index (χ1v) is 3.20. The summed E-state index contributed by atoms with van der Waals surface area (Å²) < 4.78 is 13.8. The normalized spacial score (nSPS) is 8.44. The second kappa shape index (κ2) is 7.54. The van der Waals surface area contributed by atoms with Crippen LogP contribution in [0.4, 0.5) is 0 Å². The van der Waals surface area contributed by atoms with Gasteiger partial charge >= 0.3 is 54.9 Å². The molecule has 0 heterocycles. The van der Waals surface area contributed by atoms with Crippen LogP contribution in [0.5, 0.6) is 0 Å². The molecule has 0 rings (SSSR count). The van der Waals surface area contributed by atoms with E-state index in [9.17, 15) is 4.65 Å². The first kappa shape index (κ1) is 8.54. The topological polar surface area (TPSA) is 29.1 Å². The molecule has 0 aromatic rings. The van der Waals surface area contributed by atoms with Crippen molar-refractivity contribution in [2.45, 2.75) is 25.7 Å². The van der Waals surface area contributed by atoms with Crippen LogP contribution in [0.15, 0.2) is 0 Å². The summed E-state index contributed by atoms with van der Waals surface area (Å²) in [5, 5.41) is 0. The summed E-state index contributed by atoms with van der Waals surface area (Å²) in [6.45, 7) is 4.19. The molecule has 0 aliphatic heterocycles. The van der Waals surface area contributed by atoms with E-state index >= 15 is 0 Å². The first-order valence-electron chi connectivity index (χ1n) is 3.20. The number of hydrogen-bond donors (Lipinski definition) is 0. The monoisotopic (exact) mass is 128 g/mol. The summed E-state index contributed by atoms with van der Waals surface area (Å²) in [4.78, 5) is 0. The van der Waals surface area contributed by atoms with Gasteiger partial charge in [-0.3, -0.25) is 0 Å². The summed E-state index contributed by atoms with van der Waals surface area (Å²) in [5.74, 6) is 0. The van der Waals surface area contributed by atoms with Gasteiger partial charge in [-0.1, -0.05) is 0 Å². The Morgan fingerprint density at radius 3 is 2.67 bits per heavy atom. The van der Waals surface area contributed by atoms with E-state index in [0.29, 0.717) is 6.61 Å². The van der Waals surface area contributed by atoms with Crippen LogP contribution in [0.25, 0.3) is 0 Å². The zero-order chi connectivity index (χ0) is 6.95. The Labute approximate surface area is 55.9 Å². The Bertz CT molecular complexity index is 83.4. The summed E-state index contributed by atoms with van der Waals surface area (Å²) >= 11 is 0. The van der Waals surface area contributed by atoms with E-state index in [2.05, 4.69) is 11.7 Å². The number of rotatable bonds is 5. The third-order valence-corrected chi connectivity index (χ3v) is 1.06. The van der Waals surface area contributed by atoms with Gasteiger partial charge in [0.05, 0.1) is 0 Å². The third kappa shape index (κ3) is 7.54. The zero-order valence-electron chi connectivity index (χ0n) is 5.56. The van der Waals surface area contributed by atoms with Crippen molar-refractivity contribution in [2.75, 3.05) is 6.61 Å². The first-order chi connectivity index (χ1) is 4.41. The molecule has 0 aliphatic carbocycles. The van der Waals surface area contributed by atoms with Crippen LogP contribution in [0.1, 0.15) is 25.7 Å². The molecule has 0 spiro atoms. The average molecular weight is 128 g/mol. The molecular formula is C7H12O2. The standard InChI is InChI=1S/C7H12O2/c1-2-3-4-5-6-9-7-8/h1-6H2. The van der Waals surface area contributed by atoms with Crippen LogP contribution in [-0.2, 0) is 9.39 Å². The van der Waals surface area contributed by atoms with Crippen molar-refractivity contribution < 1.29 is 9.39 Å². The molecule has 0 saturated heterocycles. The number of hydrogen-bond acceptors (Lipinski definition) is 1. The van der Waals surface area contributed by atoms with Crippen molar-refractivity contribution in [3.63, 3.8) is 0 Å². The van der Waals surface area contributed by atoms with Crippen LogP contribution in [0.2, 0.25) is 0 Å². The Kier molecular flexibility index (Phi) is 7.15. The second-order valence-corrected chi connectivity index (χ2v) is 1.85. The summed E-state index contributed by atoms with van der Waals surface area (Å²) in [5.41, 5.74) is 0. The molecule has 52 valence electrons. The summed E-state index contributed by atoms with van der Waals surface area (Å²) in [6.07, 6.45) is 5.48. The Balaban J connectivity index is 2.69. The molecule has 2 heteroatoms. The molecule has 0 bridgehead atoms. The van der Waals surface area contributed by atoms with E-state index in [4.69, 9.17) is 0 Å². The van der Waals surface area contributed by atoms with Gasteiger partial charge in [0.15, 0.2) is 0 Å². The summed E-state index contributed by atoms with van der Waals surface area (Å²) in [7, 11) is 0. The molecule has 2 nitrogen and oxygen atoms in total. The molecule has 0 aliphatic rings. The molecule has 0 saturated carbocycles. The molecule has 0 amide bonds. The van der Waals surface area contributed by atoms with Gasteiger partial charge in [-0.15, -0.1) is 0 Å². The molecule has 0 aromatic carbocycles. The fourth-order valence-electron chi connectivity index (χ4n) is 0.569. The van der Waals surface area contributed by atoms with E-state index in [1.54, 1.807) is 0 Å². The molecule has 0 aromatic heterocycles. The van der Waals surface area contributed by atoms with E-state index in [0.717, 1.165) is 25.7 Å². The van der Waals surface area contributed by atoms with E-state index in [1.807, 2.05) is 0 Å². The average Bonchev–Trinajstić information content (AvgIpc) is 1.89. The van der Waals surface area contributed by atoms with E-state index in [1.165, 1.54) is 6.33 Å². The maximum absolute atomic E-state index is 9.48. The van der Waals surface area contributed by atoms with Crippen LogP contribution < -0.4 is 0 Å². The molecule has 0 radical (unpaired) electrons. The second-order valence-electron chi connectivity index (χ2n) is 1.85. The quantitative estimate of drug-likeness (QED) is 0.315. The van der Waals surface area contributed by atoms with Crippen molar-refractivity contribution >= 4 is 0 Å². The molecule has 0 N–H and O–H groups in total. The van der Waals surface area contributed by atoms with Crippen molar-refractivity contribution in [2.24, 2.45) is 0 Å². The molecule has 9 heavy (non-hydrogen) atoms. The predicted molar refractivity (Wildman–Crippen MR) is 34.4 cm³/mol. The van der Waals surface area contributed by atoms with E-state index in [-0.39, 0.29) is 0 Å². The van der Waals surface area contributed by atoms with Crippen molar-refractivity contribution in [3.05, 3.63) is 6.92 Å². The van der Waals surface area contributed by atoms with Crippen LogP contribution in [0, 0.1) is 13.3 Å². The van der Waals surface area contributed by atoms with Crippen LogP contribution in [0.3, 0.4) is 0 Å². The van der Waals surface area contributed by atoms with E-state index < -0.39 is 0 Å². The summed E-state index contributed by atoms with van der Waals surface area (Å²) in [6, 6.07) is 0. The Morgan fingerprint density at radius 1 is 1.33 bits per heavy atom. The zero-order valence-corrected chi connectivity index (χ0v) is 5.56. The van der Waals surface area contributed by atoms with Gasteiger partial charge in [-0.25, -0.2) is 0 Å². The van der Waals surface area contributed by atoms with Gasteiger partial charge in [-0.05, 0) is 0 Å². The van der Waals surface area contributed by atoms with Gasteiger partial charge in [0.1, 0.15) is 0 Å². The molecular weight excluding hydrogens is 116 g/mol. The maximum atomic E-state index is 9.48. The Hall–Kier alpha value is -0.460. The molecule has 0 unspecified atom stereocenters. The fourth-order valence-corrected chi connectivity index (χ4v) is 0.569. The van der Waals surface area contributed by atoms with Crippen molar-refractivity contribution in [3.8, 4) is 6.33 Å². The SMILES string of the molecule is [CH2-]CCCCCOC#[O+]. The van der Waals surface area contributed by atoms with Gasteiger partial charge in [0.25, 0.3) is 0 Å². The predicted octanol–water partition coefficient (Wildman–Crippen LogP) is 1.74. The van der Waals surface area contributed by atoms with Gasteiger partial charge in [-0.2, -0.15) is 0 Å². The number of ether oxygens (including phenoxy) is 1.